The van der Waals surface area contributed by atoms with Crippen LogP contribution in [0.3, 0.4) is 0 Å². The van der Waals surface area contributed by atoms with Crippen LogP contribution < -0.4 is 5.73 Å². The fourth-order valence-electron chi connectivity index (χ4n) is 2.22. The van der Waals surface area contributed by atoms with Gasteiger partial charge in [-0.1, -0.05) is 28.1 Å². The molecule has 1 aromatic carbocycles. The molecule has 2 N–H and O–H groups in total. The van der Waals surface area contributed by atoms with Crippen molar-refractivity contribution < 1.29 is 4.74 Å². The molecule has 1 aliphatic heterocycles. The number of nitrogens with zero attached hydrogens (tertiary/aromatic N) is 1. The predicted octanol–water partition coefficient (Wildman–Crippen LogP) is 1.85. The molecule has 0 radical (unpaired) electrons. The Morgan fingerprint density at radius 3 is 2.94 bits per heavy atom. The van der Waals surface area contributed by atoms with E-state index in [0.29, 0.717) is 12.5 Å². The molecule has 2 unspecified atom stereocenters. The van der Waals surface area contributed by atoms with E-state index >= 15 is 0 Å². The first kappa shape index (κ1) is 13.0. The Morgan fingerprint density at radius 1 is 1.47 bits per heavy atom. The maximum absolute atomic E-state index is 5.99. The summed E-state index contributed by atoms with van der Waals surface area (Å²) in [5, 5.41) is 0. The molecule has 17 heavy (non-hydrogen) atoms. The second-order valence-electron chi connectivity index (χ2n) is 4.79. The molecule has 4 heteroatoms. The Hall–Kier alpha value is -0.420. The van der Waals surface area contributed by atoms with Crippen LogP contribution in [0, 0.1) is 5.92 Å². The van der Waals surface area contributed by atoms with E-state index in [2.05, 4.69) is 46.1 Å². The monoisotopic (exact) mass is 298 g/mol. The van der Waals surface area contributed by atoms with Crippen molar-refractivity contribution >= 4 is 15.9 Å². The highest BCUT2D eigenvalue weighted by Crippen LogP contribution is 2.16. The molecule has 0 saturated carbocycles. The lowest BCUT2D eigenvalue weighted by Gasteiger charge is -2.22. The molecular formula is C13H19BrN2O. The summed E-state index contributed by atoms with van der Waals surface area (Å²) in [4.78, 5) is 2.31. The van der Waals surface area contributed by atoms with Gasteiger partial charge in [0.25, 0.3) is 0 Å². The van der Waals surface area contributed by atoms with E-state index in [1.54, 1.807) is 0 Å². The molecule has 1 aliphatic rings. The van der Waals surface area contributed by atoms with Crippen molar-refractivity contribution in [2.45, 2.75) is 12.6 Å². The highest BCUT2D eigenvalue weighted by Gasteiger charge is 2.25. The third kappa shape index (κ3) is 3.78. The van der Waals surface area contributed by atoms with Crippen molar-refractivity contribution in [1.29, 1.82) is 0 Å². The van der Waals surface area contributed by atoms with Crippen LogP contribution in [0.25, 0.3) is 0 Å². The third-order valence-corrected chi connectivity index (χ3v) is 3.63. The molecule has 1 heterocycles. The van der Waals surface area contributed by atoms with Crippen molar-refractivity contribution in [2.24, 2.45) is 11.7 Å². The Balaban J connectivity index is 1.86. The number of nitrogens with two attached hydrogens (primary N) is 1. The van der Waals surface area contributed by atoms with Gasteiger partial charge in [0.2, 0.25) is 0 Å². The Kier molecular flexibility index (Phi) is 4.56. The van der Waals surface area contributed by atoms with Crippen LogP contribution in [0.4, 0.5) is 0 Å². The van der Waals surface area contributed by atoms with Gasteiger partial charge in [-0.05, 0) is 24.7 Å². The van der Waals surface area contributed by atoms with Crippen molar-refractivity contribution in [2.75, 3.05) is 26.8 Å². The number of benzene rings is 1. The summed E-state index contributed by atoms with van der Waals surface area (Å²) in [5.41, 5.74) is 7.30. The average molecular weight is 299 g/mol. The van der Waals surface area contributed by atoms with E-state index < -0.39 is 0 Å². The van der Waals surface area contributed by atoms with Crippen molar-refractivity contribution in [1.82, 2.24) is 4.90 Å². The molecule has 0 amide bonds. The first-order valence-electron chi connectivity index (χ1n) is 5.91. The number of hydrogen-bond acceptors (Lipinski definition) is 3. The summed E-state index contributed by atoms with van der Waals surface area (Å²) in [6, 6.07) is 8.61. The van der Waals surface area contributed by atoms with Crippen LogP contribution in [0.5, 0.6) is 0 Å². The molecule has 0 bridgehead atoms. The van der Waals surface area contributed by atoms with Gasteiger partial charge in [-0.2, -0.15) is 0 Å². The fraction of sp³-hybridized carbons (Fsp3) is 0.538. The topological polar surface area (TPSA) is 38.5 Å². The van der Waals surface area contributed by atoms with Gasteiger partial charge in [0.15, 0.2) is 0 Å². The van der Waals surface area contributed by atoms with Crippen molar-refractivity contribution in [3.63, 3.8) is 0 Å². The lowest BCUT2D eigenvalue weighted by Crippen LogP contribution is -2.36. The van der Waals surface area contributed by atoms with Crippen LogP contribution in [0.15, 0.2) is 28.7 Å². The quantitative estimate of drug-likeness (QED) is 0.922. The zero-order valence-corrected chi connectivity index (χ0v) is 11.7. The van der Waals surface area contributed by atoms with E-state index in [1.165, 1.54) is 5.56 Å². The first-order valence-corrected chi connectivity index (χ1v) is 6.71. The molecule has 94 valence electrons. The SMILES string of the molecule is CN(Cc1cccc(Br)c1)CC1COCC1N. The van der Waals surface area contributed by atoms with E-state index in [4.69, 9.17) is 10.5 Å². The molecule has 2 atom stereocenters. The minimum absolute atomic E-state index is 0.194. The zero-order chi connectivity index (χ0) is 12.3. The van der Waals surface area contributed by atoms with E-state index in [0.717, 1.165) is 24.2 Å². The van der Waals surface area contributed by atoms with Crippen molar-refractivity contribution in [3.05, 3.63) is 34.3 Å². The van der Waals surface area contributed by atoms with Crippen LogP contribution in [0.2, 0.25) is 0 Å². The lowest BCUT2D eigenvalue weighted by molar-refractivity contribution is 0.172. The lowest BCUT2D eigenvalue weighted by atomic mass is 10.0. The highest BCUT2D eigenvalue weighted by molar-refractivity contribution is 9.10. The maximum Gasteiger partial charge on any atom is 0.0621 e. The molecule has 0 aromatic heterocycles. The second kappa shape index (κ2) is 5.96. The third-order valence-electron chi connectivity index (χ3n) is 3.14. The van der Waals surface area contributed by atoms with Crippen LogP contribution >= 0.6 is 15.9 Å². The first-order chi connectivity index (χ1) is 8.15. The van der Waals surface area contributed by atoms with E-state index in [1.807, 2.05) is 6.07 Å². The predicted molar refractivity (Wildman–Crippen MR) is 72.8 cm³/mol. The summed E-state index contributed by atoms with van der Waals surface area (Å²) in [5.74, 6) is 0.465. The molecule has 1 fully saturated rings. The van der Waals surface area contributed by atoms with Gasteiger partial charge in [-0.3, -0.25) is 0 Å². The summed E-state index contributed by atoms with van der Waals surface area (Å²) in [7, 11) is 2.13. The zero-order valence-electron chi connectivity index (χ0n) is 10.1. The molecule has 0 spiro atoms. The summed E-state index contributed by atoms with van der Waals surface area (Å²) in [6.45, 7) is 3.44. The highest BCUT2D eigenvalue weighted by atomic mass is 79.9. The number of hydrogen-bond donors (Lipinski definition) is 1. The Bertz CT molecular complexity index is 372. The van der Waals surface area contributed by atoms with Crippen LogP contribution in [-0.4, -0.2) is 37.7 Å². The molecule has 1 saturated heterocycles. The molecule has 2 rings (SSSR count). The fourth-order valence-corrected chi connectivity index (χ4v) is 2.66. The van der Waals surface area contributed by atoms with Gasteiger partial charge < -0.3 is 15.4 Å². The van der Waals surface area contributed by atoms with Gasteiger partial charge in [0, 0.05) is 29.5 Å². The Labute approximate surface area is 111 Å². The van der Waals surface area contributed by atoms with Gasteiger partial charge >= 0.3 is 0 Å². The van der Waals surface area contributed by atoms with Gasteiger partial charge in [0.1, 0.15) is 0 Å². The largest absolute Gasteiger partial charge is 0.379 e. The smallest absolute Gasteiger partial charge is 0.0621 e. The minimum Gasteiger partial charge on any atom is -0.379 e. The summed E-state index contributed by atoms with van der Waals surface area (Å²) in [6.07, 6.45) is 0. The molecule has 0 aliphatic carbocycles. The van der Waals surface area contributed by atoms with E-state index in [9.17, 15) is 0 Å². The van der Waals surface area contributed by atoms with Gasteiger partial charge in [-0.25, -0.2) is 0 Å². The standard InChI is InChI=1S/C13H19BrN2O/c1-16(7-11-8-17-9-13(11)15)6-10-3-2-4-12(14)5-10/h2-5,11,13H,6-9,15H2,1H3. The normalized spacial score (nSPS) is 24.5. The Morgan fingerprint density at radius 2 is 2.29 bits per heavy atom. The van der Waals surface area contributed by atoms with Crippen LogP contribution in [0.1, 0.15) is 5.56 Å². The molecule has 3 nitrogen and oxygen atoms in total. The van der Waals surface area contributed by atoms with E-state index in [-0.39, 0.29) is 6.04 Å². The number of halogens is 1. The number of rotatable bonds is 4. The van der Waals surface area contributed by atoms with Gasteiger partial charge in [0.05, 0.1) is 13.2 Å². The summed E-state index contributed by atoms with van der Waals surface area (Å²) < 4.78 is 6.51. The van der Waals surface area contributed by atoms with Crippen LogP contribution in [-0.2, 0) is 11.3 Å². The summed E-state index contributed by atoms with van der Waals surface area (Å²) >= 11 is 3.49. The second-order valence-corrected chi connectivity index (χ2v) is 5.70. The molecule has 1 aromatic rings. The van der Waals surface area contributed by atoms with Crippen molar-refractivity contribution in [3.8, 4) is 0 Å². The molecular weight excluding hydrogens is 280 g/mol. The van der Waals surface area contributed by atoms with Gasteiger partial charge in [-0.15, -0.1) is 0 Å². The minimum atomic E-state index is 0.194. The average Bonchev–Trinajstić information content (AvgIpc) is 2.64. The maximum atomic E-state index is 5.99. The number of ether oxygens (including phenoxy) is 1.